The van der Waals surface area contributed by atoms with Crippen molar-refractivity contribution in [2.75, 3.05) is 6.26 Å². The Morgan fingerprint density at radius 3 is 2.28 bits per heavy atom. The minimum atomic E-state index is -0.326. The lowest BCUT2D eigenvalue weighted by Crippen LogP contribution is -2.22. The average Bonchev–Trinajstić information content (AvgIpc) is 2.82. The van der Waals surface area contributed by atoms with Gasteiger partial charge < -0.3 is 0 Å². The van der Waals surface area contributed by atoms with Crippen LogP contribution in [0.25, 0.3) is 28.5 Å². The van der Waals surface area contributed by atoms with Gasteiger partial charge in [0, 0.05) is 27.1 Å². The Morgan fingerprint density at radius 2 is 1.62 bits per heavy atom. The molecule has 0 N–H and O–H groups in total. The Kier molecular flexibility index (Phi) is 6.88. The number of aromatic nitrogens is 2. The molecule has 0 unspecified atom stereocenters. The number of benzene rings is 3. The Balaban J connectivity index is 1.74. The number of halogens is 2. The van der Waals surface area contributed by atoms with Crippen molar-refractivity contribution in [2.45, 2.75) is 11.4 Å². The Bertz CT molecular complexity index is 1300. The van der Waals surface area contributed by atoms with Crippen LogP contribution >= 0.6 is 23.4 Å². The Hall–Kier alpha value is -3.15. The molecule has 1 heterocycles. The summed E-state index contributed by atoms with van der Waals surface area (Å²) in [6.07, 6.45) is 5.82. The minimum absolute atomic E-state index is 0.227. The van der Waals surface area contributed by atoms with Gasteiger partial charge in [-0.15, -0.1) is 11.8 Å². The summed E-state index contributed by atoms with van der Waals surface area (Å²) in [6.45, 7) is 0.320. The van der Waals surface area contributed by atoms with Crippen molar-refractivity contribution < 1.29 is 4.39 Å². The van der Waals surface area contributed by atoms with Crippen LogP contribution in [0.2, 0.25) is 5.02 Å². The molecule has 3 nitrogen and oxygen atoms in total. The molecule has 0 atom stereocenters. The van der Waals surface area contributed by atoms with Crippen LogP contribution in [0.15, 0.2) is 94.6 Å². The second kappa shape index (κ2) is 9.98. The van der Waals surface area contributed by atoms with Gasteiger partial charge in [-0.25, -0.2) is 9.07 Å². The summed E-state index contributed by atoms with van der Waals surface area (Å²) in [6, 6.07) is 23.1. The third-order valence-corrected chi connectivity index (χ3v) is 5.97. The topological polar surface area (TPSA) is 34.9 Å². The molecule has 4 aromatic rings. The van der Waals surface area contributed by atoms with Crippen molar-refractivity contribution in [3.63, 3.8) is 0 Å². The molecule has 4 rings (SSSR count). The van der Waals surface area contributed by atoms with E-state index in [-0.39, 0.29) is 11.4 Å². The summed E-state index contributed by atoms with van der Waals surface area (Å²) in [4.78, 5) is 14.0. The average molecular weight is 463 g/mol. The van der Waals surface area contributed by atoms with E-state index in [4.69, 9.17) is 11.6 Å². The van der Waals surface area contributed by atoms with E-state index in [1.54, 1.807) is 30.0 Å². The van der Waals surface area contributed by atoms with Gasteiger partial charge in [0.05, 0.1) is 12.2 Å². The number of hydrogen-bond acceptors (Lipinski definition) is 3. The molecule has 0 spiro atoms. The zero-order chi connectivity index (χ0) is 22.5. The maximum atomic E-state index is 13.5. The molecule has 0 aliphatic carbocycles. The fraction of sp³-hybridized carbons (Fsp3) is 0.0769. The predicted octanol–water partition coefficient (Wildman–Crippen LogP) is 6.81. The van der Waals surface area contributed by atoms with Crippen LogP contribution in [-0.2, 0) is 6.54 Å². The van der Waals surface area contributed by atoms with Crippen molar-refractivity contribution in [3.05, 3.63) is 112 Å². The van der Waals surface area contributed by atoms with Gasteiger partial charge in [-0.2, -0.15) is 5.10 Å². The Morgan fingerprint density at radius 1 is 0.969 bits per heavy atom. The van der Waals surface area contributed by atoms with E-state index in [1.165, 1.54) is 16.8 Å². The van der Waals surface area contributed by atoms with Gasteiger partial charge >= 0.3 is 0 Å². The van der Waals surface area contributed by atoms with Crippen LogP contribution in [0.5, 0.6) is 0 Å². The molecule has 0 amide bonds. The summed E-state index contributed by atoms with van der Waals surface area (Å²) in [5, 5.41) is 5.35. The fourth-order valence-electron chi connectivity index (χ4n) is 3.30. The molecule has 0 radical (unpaired) electrons. The third-order valence-electron chi connectivity index (χ3n) is 4.98. The van der Waals surface area contributed by atoms with Gasteiger partial charge in [0.15, 0.2) is 0 Å². The number of hydrogen-bond donors (Lipinski definition) is 0. The van der Waals surface area contributed by atoms with Crippen molar-refractivity contribution in [3.8, 4) is 22.4 Å². The minimum Gasteiger partial charge on any atom is -0.268 e. The predicted molar refractivity (Wildman–Crippen MR) is 132 cm³/mol. The molecule has 32 heavy (non-hydrogen) atoms. The third kappa shape index (κ3) is 5.18. The van der Waals surface area contributed by atoms with Crippen molar-refractivity contribution in [2.24, 2.45) is 0 Å². The molecule has 160 valence electrons. The zero-order valence-corrected chi connectivity index (χ0v) is 18.9. The Labute approximate surface area is 195 Å². The zero-order valence-electron chi connectivity index (χ0n) is 17.3. The summed E-state index contributed by atoms with van der Waals surface area (Å²) in [5.41, 5.74) is 3.72. The van der Waals surface area contributed by atoms with Gasteiger partial charge in [-0.05, 0) is 53.8 Å². The first kappa shape index (κ1) is 22.1. The van der Waals surface area contributed by atoms with E-state index in [9.17, 15) is 9.18 Å². The second-order valence-corrected chi connectivity index (χ2v) is 8.43. The molecule has 0 bridgehead atoms. The fourth-order valence-corrected chi connectivity index (χ4v) is 3.83. The first-order chi connectivity index (χ1) is 15.5. The molecule has 1 aromatic heterocycles. The smallest absolute Gasteiger partial charge is 0.267 e. The maximum Gasteiger partial charge on any atom is 0.267 e. The highest BCUT2D eigenvalue weighted by Gasteiger charge is 2.13. The number of nitrogens with zero attached hydrogens (tertiary/aromatic N) is 2. The first-order valence-corrected chi connectivity index (χ1v) is 11.6. The molecule has 6 heteroatoms. The normalized spacial score (nSPS) is 11.2. The highest BCUT2D eigenvalue weighted by molar-refractivity contribution is 7.98. The lowest BCUT2D eigenvalue weighted by atomic mass is 10.00. The van der Waals surface area contributed by atoms with Gasteiger partial charge in [-0.1, -0.05) is 60.2 Å². The highest BCUT2D eigenvalue weighted by Crippen LogP contribution is 2.30. The summed E-state index contributed by atoms with van der Waals surface area (Å²) >= 11 is 7.58. The molecular weight excluding hydrogens is 443 g/mol. The lowest BCUT2D eigenvalue weighted by Gasteiger charge is -2.12. The first-order valence-electron chi connectivity index (χ1n) is 9.98. The molecule has 0 saturated heterocycles. The molecule has 0 aliphatic heterocycles. The van der Waals surface area contributed by atoms with Crippen LogP contribution in [-0.4, -0.2) is 16.0 Å². The second-order valence-electron chi connectivity index (χ2n) is 7.12. The van der Waals surface area contributed by atoms with Crippen LogP contribution in [0, 0.1) is 5.82 Å². The van der Waals surface area contributed by atoms with E-state index >= 15 is 0 Å². The molecular formula is C26H20ClFN2OS. The molecule has 0 aliphatic rings. The van der Waals surface area contributed by atoms with Crippen LogP contribution in [0.4, 0.5) is 4.39 Å². The van der Waals surface area contributed by atoms with E-state index < -0.39 is 0 Å². The van der Waals surface area contributed by atoms with Gasteiger partial charge in [0.2, 0.25) is 0 Å². The SMILES string of the molecule is CSc1ccc(-c2nn(CC=Cc3ccc(Cl)cc3)c(=O)cc2-c2ccc(F)cc2)cc1. The van der Waals surface area contributed by atoms with Crippen LogP contribution in [0.3, 0.4) is 0 Å². The standard InChI is InChI=1S/C26H20ClFN2OS/c1-32-23-14-8-20(9-15-23)26-24(19-6-12-22(28)13-7-19)17-25(31)30(29-26)16-2-3-18-4-10-21(27)11-5-18/h2-15,17H,16H2,1H3. The van der Waals surface area contributed by atoms with Gasteiger partial charge in [-0.3, -0.25) is 4.79 Å². The maximum absolute atomic E-state index is 13.5. The molecule has 3 aromatic carbocycles. The lowest BCUT2D eigenvalue weighted by molar-refractivity contribution is 0.628. The van der Waals surface area contributed by atoms with E-state index in [0.717, 1.165) is 21.6 Å². The van der Waals surface area contributed by atoms with Crippen molar-refractivity contribution in [1.82, 2.24) is 9.78 Å². The molecule has 0 fully saturated rings. The van der Waals surface area contributed by atoms with E-state index in [1.807, 2.05) is 66.9 Å². The number of rotatable bonds is 6. The quantitative estimate of drug-likeness (QED) is 0.295. The molecule has 0 saturated carbocycles. The monoisotopic (exact) mass is 462 g/mol. The van der Waals surface area contributed by atoms with Gasteiger partial charge in [0.25, 0.3) is 5.56 Å². The van der Waals surface area contributed by atoms with Crippen molar-refractivity contribution >= 4 is 29.4 Å². The summed E-state index contributed by atoms with van der Waals surface area (Å²) in [5.74, 6) is -0.326. The van der Waals surface area contributed by atoms with E-state index in [2.05, 4.69) is 5.10 Å². The highest BCUT2D eigenvalue weighted by atomic mass is 35.5. The number of thioether (sulfide) groups is 1. The van der Waals surface area contributed by atoms with Crippen LogP contribution < -0.4 is 5.56 Å². The summed E-state index contributed by atoms with van der Waals surface area (Å²) < 4.78 is 14.9. The summed E-state index contributed by atoms with van der Waals surface area (Å²) in [7, 11) is 0. The van der Waals surface area contributed by atoms with Crippen LogP contribution in [0.1, 0.15) is 5.56 Å². The van der Waals surface area contributed by atoms with E-state index in [0.29, 0.717) is 22.8 Å². The number of allylic oxidation sites excluding steroid dienone is 1. The largest absolute Gasteiger partial charge is 0.268 e. The van der Waals surface area contributed by atoms with Gasteiger partial charge in [0.1, 0.15) is 5.82 Å². The van der Waals surface area contributed by atoms with Crippen molar-refractivity contribution in [1.29, 1.82) is 0 Å².